The summed E-state index contributed by atoms with van der Waals surface area (Å²) in [6, 6.07) is 11.6. The predicted octanol–water partition coefficient (Wildman–Crippen LogP) is -0.144. The van der Waals surface area contributed by atoms with Crippen molar-refractivity contribution in [1.29, 1.82) is 0 Å². The van der Waals surface area contributed by atoms with E-state index in [9.17, 15) is 50.4 Å². The number of carbonyl (C=O) groups is 2. The largest absolute Gasteiger partial charge is 0.494 e. The molecule has 2 aliphatic heterocycles. The van der Waals surface area contributed by atoms with E-state index in [0.717, 1.165) is 63.3 Å². The van der Waals surface area contributed by atoms with Gasteiger partial charge in [-0.1, -0.05) is 67.5 Å². The standard InChI is InChI=1S/C60H92N8O17.2H2O/c1-32(2)46-40(54(67-65-46)84-56-52(77)50(75)48(73)42(27-69)81-56)25-36-13-15-38(23-34(36)5)79-21-11-19-62-29-59(7,8)30-64-44(71)17-18-45(72)83-58(61)60(9,10)31-63-20-12-22-80-39-16-14-37(35(6)24-39)26-41-47(33(3)4)66-68-55(41)85-57-53(78)51(76)49(74)43(28-70)82-57;;/h13-18,23-24,32-33,42-43,48-53,56-58,62-63,69-70,73-78H,11-12,19-22,25-31,61H2,1-10H3,(H,64,71)(H,65,67)(H,66,68);2*1H2/b18-17+;;/t42-,43-,48-,49-,50+,51+,52-,53-,56+,57+,58?;;/m1../s1. The lowest BCUT2D eigenvalue weighted by molar-refractivity contribution is -0.278. The van der Waals surface area contributed by atoms with E-state index in [1.807, 2.05) is 106 Å². The highest BCUT2D eigenvalue weighted by Crippen LogP contribution is 2.35. The number of ether oxygens (including phenoxy) is 7. The molecular formula is C60H96N8O19. The zero-order valence-corrected chi connectivity index (χ0v) is 51.5. The van der Waals surface area contributed by atoms with Crippen molar-refractivity contribution in [3.8, 4) is 23.3 Å². The van der Waals surface area contributed by atoms with Gasteiger partial charge >= 0.3 is 5.97 Å². The summed E-state index contributed by atoms with van der Waals surface area (Å²) < 4.78 is 40.6. The summed E-state index contributed by atoms with van der Waals surface area (Å²) in [6.07, 6.45) is -10.8. The number of benzene rings is 2. The molecule has 19 N–H and O–H groups in total. The van der Waals surface area contributed by atoms with Gasteiger partial charge in [0.05, 0.1) is 26.4 Å². The maximum absolute atomic E-state index is 12.7. The Morgan fingerprint density at radius 1 is 0.655 bits per heavy atom. The van der Waals surface area contributed by atoms with Crippen LogP contribution < -0.4 is 40.6 Å². The molecule has 0 radical (unpaired) electrons. The first-order valence-electron chi connectivity index (χ1n) is 29.1. The molecule has 2 aromatic heterocycles. The molecule has 0 saturated carbocycles. The number of hydrogen-bond acceptors (Lipinski definition) is 22. The SMILES string of the molecule is Cc1cc(OCCCNCC(C)(C)CNC(=O)/C=C/C(=O)OC(N)C(C)(C)CNCCCOc2ccc(Cc3c(O[C@@H]4O[C@H](CO)[C@@H](O)[C@H](O)[C@H]4O)n[nH]c3C(C)C)c(C)c2)ccc1Cc1c(O[C@@H]2O[C@H](CO)[C@@H](O)[C@H](O)[C@H]2O)n[nH]c1C(C)C.O.O. The Bertz CT molecular complexity index is 2790. The number of aliphatic hydroxyl groups is 8. The number of aliphatic hydroxyl groups excluding tert-OH is 8. The molecule has 11 atom stereocenters. The van der Waals surface area contributed by atoms with Gasteiger partial charge in [-0.05, 0) is 104 Å². The zero-order chi connectivity index (χ0) is 62.3. The van der Waals surface area contributed by atoms with Crippen LogP contribution in [0.2, 0.25) is 0 Å². The molecule has 2 aliphatic rings. The quantitative estimate of drug-likeness (QED) is 0.0131. The van der Waals surface area contributed by atoms with Crippen molar-refractivity contribution in [2.24, 2.45) is 16.6 Å². The molecule has 2 aromatic carbocycles. The van der Waals surface area contributed by atoms with Gasteiger partial charge in [-0.2, -0.15) is 0 Å². The summed E-state index contributed by atoms with van der Waals surface area (Å²) in [7, 11) is 0. The summed E-state index contributed by atoms with van der Waals surface area (Å²) in [6.45, 7) is 22.1. The van der Waals surface area contributed by atoms with Gasteiger partial charge in [-0.25, -0.2) is 4.79 Å². The second kappa shape index (κ2) is 33.6. The van der Waals surface area contributed by atoms with Crippen LogP contribution in [0, 0.1) is 24.7 Å². The second-order valence-electron chi connectivity index (χ2n) is 24.1. The lowest BCUT2D eigenvalue weighted by Crippen LogP contribution is -2.60. The molecule has 87 heavy (non-hydrogen) atoms. The first kappa shape index (κ1) is 73.6. The normalized spacial score (nSPS) is 22.8. The average molecular weight is 1230 g/mol. The Hall–Kier alpha value is -5.86. The van der Waals surface area contributed by atoms with Gasteiger partial charge in [-0.15, -0.1) is 10.2 Å². The van der Waals surface area contributed by atoms with E-state index < -0.39 is 98.1 Å². The highest BCUT2D eigenvalue weighted by atomic mass is 16.7. The third-order valence-corrected chi connectivity index (χ3v) is 15.2. The van der Waals surface area contributed by atoms with E-state index >= 15 is 0 Å². The molecule has 0 bridgehead atoms. The molecule has 27 nitrogen and oxygen atoms in total. The lowest BCUT2D eigenvalue weighted by atomic mass is 9.91. The molecule has 4 heterocycles. The van der Waals surface area contributed by atoms with Crippen LogP contribution in [0.3, 0.4) is 0 Å². The first-order chi connectivity index (χ1) is 40.2. The molecule has 0 aliphatic carbocycles. The van der Waals surface area contributed by atoms with E-state index in [1.54, 1.807) is 0 Å². The number of nitrogens with one attached hydrogen (secondary N) is 5. The predicted molar refractivity (Wildman–Crippen MR) is 319 cm³/mol. The summed E-state index contributed by atoms with van der Waals surface area (Å²) in [5.41, 5.74) is 12.4. The fraction of sp³-hybridized carbons (Fsp3) is 0.633. The average Bonchev–Trinajstić information content (AvgIpc) is 2.12. The van der Waals surface area contributed by atoms with Crippen molar-refractivity contribution in [3.63, 3.8) is 0 Å². The number of rotatable bonds is 32. The second-order valence-corrected chi connectivity index (χ2v) is 24.1. The highest BCUT2D eigenvalue weighted by molar-refractivity contribution is 5.94. The third kappa shape index (κ3) is 20.3. The van der Waals surface area contributed by atoms with Crippen molar-refractivity contribution in [2.75, 3.05) is 59.2 Å². The van der Waals surface area contributed by atoms with Gasteiger partial charge in [0.1, 0.15) is 60.3 Å². The number of aryl methyl sites for hydroxylation is 2. The number of hydrogen-bond donors (Lipinski definition) is 14. The maximum Gasteiger partial charge on any atom is 0.332 e. The van der Waals surface area contributed by atoms with E-state index in [0.29, 0.717) is 76.7 Å². The third-order valence-electron chi connectivity index (χ3n) is 15.2. The van der Waals surface area contributed by atoms with Gasteiger partial charge in [-0.3, -0.25) is 20.7 Å². The van der Waals surface area contributed by atoms with Crippen LogP contribution in [-0.4, -0.2) is 211 Å². The Labute approximate surface area is 507 Å². The van der Waals surface area contributed by atoms with Gasteiger partial charge in [0.25, 0.3) is 0 Å². The van der Waals surface area contributed by atoms with Crippen LogP contribution in [-0.2, 0) is 36.6 Å². The van der Waals surface area contributed by atoms with Gasteiger partial charge in [0.2, 0.25) is 30.2 Å². The minimum Gasteiger partial charge on any atom is -0.494 e. The number of carbonyl (C=O) groups excluding carboxylic acids is 2. The van der Waals surface area contributed by atoms with Crippen LogP contribution >= 0.6 is 0 Å². The first-order valence-corrected chi connectivity index (χ1v) is 29.1. The van der Waals surface area contributed by atoms with E-state index in [-0.39, 0.29) is 40.0 Å². The molecular weight excluding hydrogens is 1140 g/mol. The van der Waals surface area contributed by atoms with Crippen LogP contribution in [0.25, 0.3) is 0 Å². The maximum atomic E-state index is 12.7. The number of nitrogens with zero attached hydrogens (tertiary/aromatic N) is 2. The van der Waals surface area contributed by atoms with Crippen molar-refractivity contribution in [1.82, 2.24) is 36.3 Å². The molecule has 2 saturated heterocycles. The molecule has 490 valence electrons. The summed E-state index contributed by atoms with van der Waals surface area (Å²) in [5.74, 6) is 0.670. The van der Waals surface area contributed by atoms with Crippen LogP contribution in [0.1, 0.15) is 125 Å². The van der Waals surface area contributed by atoms with Crippen LogP contribution in [0.4, 0.5) is 0 Å². The number of esters is 1. The zero-order valence-electron chi connectivity index (χ0n) is 51.5. The molecule has 1 unspecified atom stereocenters. The fourth-order valence-corrected chi connectivity index (χ4v) is 9.69. The highest BCUT2D eigenvalue weighted by Gasteiger charge is 2.47. The molecule has 0 spiro atoms. The Kier molecular flexibility index (Phi) is 28.5. The molecule has 4 aromatic rings. The monoisotopic (exact) mass is 1230 g/mol. The van der Waals surface area contributed by atoms with Gasteiger partial charge in [0, 0.05) is 72.6 Å². The van der Waals surface area contributed by atoms with Crippen molar-refractivity contribution in [3.05, 3.63) is 93.3 Å². The molecule has 27 heteroatoms. The van der Waals surface area contributed by atoms with Gasteiger partial charge in [0.15, 0.2) is 6.23 Å². The van der Waals surface area contributed by atoms with Crippen LogP contribution in [0.15, 0.2) is 48.6 Å². The topological polar surface area (TPSA) is 443 Å². The van der Waals surface area contributed by atoms with Crippen molar-refractivity contribution < 1.29 is 94.6 Å². The molecule has 6 rings (SSSR count). The Balaban J connectivity index is 0.00000810. The fourth-order valence-electron chi connectivity index (χ4n) is 9.69. The number of aromatic nitrogens is 4. The van der Waals surface area contributed by atoms with E-state index in [4.69, 9.17) is 38.9 Å². The minimum absolute atomic E-state index is 0. The van der Waals surface area contributed by atoms with Gasteiger partial charge < -0.3 is 101 Å². The minimum atomic E-state index is -1.59. The van der Waals surface area contributed by atoms with Crippen molar-refractivity contribution in [2.45, 2.75) is 174 Å². The number of nitrogens with two attached hydrogens (primary N) is 1. The van der Waals surface area contributed by atoms with E-state index in [2.05, 4.69) is 36.3 Å². The van der Waals surface area contributed by atoms with Crippen LogP contribution in [0.5, 0.6) is 23.3 Å². The Morgan fingerprint density at radius 3 is 1.51 bits per heavy atom. The summed E-state index contributed by atoms with van der Waals surface area (Å²) in [5, 5.41) is 106. The number of aromatic amines is 2. The molecule has 2 fully saturated rings. The Morgan fingerprint density at radius 2 is 1.09 bits per heavy atom. The van der Waals surface area contributed by atoms with Crippen molar-refractivity contribution >= 4 is 11.9 Å². The van der Waals surface area contributed by atoms with E-state index in [1.165, 1.54) is 0 Å². The smallest absolute Gasteiger partial charge is 0.332 e. The summed E-state index contributed by atoms with van der Waals surface area (Å²) >= 11 is 0. The molecule has 1 amide bonds. The number of amides is 1. The lowest BCUT2D eigenvalue weighted by Gasteiger charge is -2.39. The number of H-pyrrole nitrogens is 2. The summed E-state index contributed by atoms with van der Waals surface area (Å²) in [4.78, 5) is 25.4.